The lowest BCUT2D eigenvalue weighted by Gasteiger charge is -2.37. The number of carboxylic acids is 1. The highest BCUT2D eigenvalue weighted by Crippen LogP contribution is 2.36. The molecule has 1 atom stereocenters. The Bertz CT molecular complexity index is 850. The Kier molecular flexibility index (Phi) is 8.29. The summed E-state index contributed by atoms with van der Waals surface area (Å²) in [6.07, 6.45) is 3.83. The number of anilines is 3. The van der Waals surface area contributed by atoms with Crippen LogP contribution in [0.2, 0.25) is 0 Å². The number of rotatable bonds is 10. The molecule has 168 valence electrons. The van der Waals surface area contributed by atoms with Gasteiger partial charge in [0, 0.05) is 31.5 Å². The van der Waals surface area contributed by atoms with Crippen LogP contribution in [0.1, 0.15) is 57.4 Å². The normalized spacial score (nSPS) is 15.5. The van der Waals surface area contributed by atoms with E-state index in [9.17, 15) is 14.3 Å². The molecule has 0 amide bonds. The van der Waals surface area contributed by atoms with Gasteiger partial charge in [0.25, 0.3) is 0 Å². The Balaban J connectivity index is 2.00. The van der Waals surface area contributed by atoms with E-state index in [0.29, 0.717) is 6.04 Å². The number of ether oxygens (including phenoxy) is 1. The topological polar surface area (TPSA) is 61.8 Å². The van der Waals surface area contributed by atoms with Gasteiger partial charge in [0.15, 0.2) is 0 Å². The molecule has 1 aliphatic heterocycles. The third kappa shape index (κ3) is 6.20. The van der Waals surface area contributed by atoms with E-state index in [1.807, 2.05) is 6.92 Å². The highest BCUT2D eigenvalue weighted by Gasteiger charge is 2.24. The first-order chi connectivity index (χ1) is 15.0. The van der Waals surface area contributed by atoms with Gasteiger partial charge in [-0.05, 0) is 73.6 Å². The third-order valence-corrected chi connectivity index (χ3v) is 5.93. The summed E-state index contributed by atoms with van der Waals surface area (Å²) < 4.78 is 19.0. The number of halogens is 1. The largest absolute Gasteiger partial charge is 0.481 e. The summed E-state index contributed by atoms with van der Waals surface area (Å²) in [5.41, 5.74) is 3.82. The number of nitrogens with one attached hydrogen (secondary N) is 1. The second kappa shape index (κ2) is 11.1. The molecular weight excluding hydrogens is 395 g/mol. The van der Waals surface area contributed by atoms with Crippen molar-refractivity contribution in [1.82, 2.24) is 0 Å². The van der Waals surface area contributed by atoms with Crippen LogP contribution in [0.4, 0.5) is 21.5 Å². The minimum atomic E-state index is -0.793. The first-order valence-electron chi connectivity index (χ1n) is 11.2. The monoisotopic (exact) mass is 428 g/mol. The lowest BCUT2D eigenvalue weighted by molar-refractivity contribution is -0.137. The number of carbonyl (C=O) groups is 1. The number of carboxylic acid groups (broad SMARTS) is 1. The van der Waals surface area contributed by atoms with E-state index in [4.69, 9.17) is 4.74 Å². The Morgan fingerprint density at radius 3 is 2.52 bits per heavy atom. The number of benzene rings is 2. The highest BCUT2D eigenvalue weighted by molar-refractivity contribution is 5.77. The zero-order valence-corrected chi connectivity index (χ0v) is 18.4. The molecule has 0 aromatic heterocycles. The second-order valence-electron chi connectivity index (χ2n) is 8.15. The van der Waals surface area contributed by atoms with Crippen molar-refractivity contribution < 1.29 is 19.0 Å². The van der Waals surface area contributed by atoms with E-state index in [1.54, 1.807) is 12.1 Å². The molecule has 0 spiro atoms. The zero-order valence-electron chi connectivity index (χ0n) is 18.4. The summed E-state index contributed by atoms with van der Waals surface area (Å²) in [5.74, 6) is -1.12. The molecule has 0 unspecified atom stereocenters. The van der Waals surface area contributed by atoms with Gasteiger partial charge in [0.05, 0.1) is 17.8 Å². The quantitative estimate of drug-likeness (QED) is 0.491. The van der Waals surface area contributed by atoms with Gasteiger partial charge in [-0.25, -0.2) is 4.39 Å². The SMILES string of the molecule is CCCN(c1ccc([C@@H](CC)CC(=O)O)cc1Nc1ccc(F)cc1)C1CCOCC1. The predicted octanol–water partition coefficient (Wildman–Crippen LogP) is 5.93. The van der Waals surface area contributed by atoms with Gasteiger partial charge in [0.2, 0.25) is 0 Å². The summed E-state index contributed by atoms with van der Waals surface area (Å²) in [7, 11) is 0. The van der Waals surface area contributed by atoms with E-state index < -0.39 is 5.97 Å². The molecule has 1 saturated heterocycles. The van der Waals surface area contributed by atoms with Crippen LogP contribution in [-0.2, 0) is 9.53 Å². The van der Waals surface area contributed by atoms with Crippen molar-refractivity contribution in [2.24, 2.45) is 0 Å². The molecule has 0 bridgehead atoms. The Morgan fingerprint density at radius 2 is 1.90 bits per heavy atom. The fraction of sp³-hybridized carbons (Fsp3) is 0.480. The van der Waals surface area contributed by atoms with Crippen LogP contribution in [0.15, 0.2) is 42.5 Å². The van der Waals surface area contributed by atoms with Crippen molar-refractivity contribution in [3.05, 3.63) is 53.8 Å². The van der Waals surface area contributed by atoms with Gasteiger partial charge in [-0.2, -0.15) is 0 Å². The molecule has 2 N–H and O–H groups in total. The molecular formula is C25H33FN2O3. The van der Waals surface area contributed by atoms with E-state index in [0.717, 1.165) is 68.1 Å². The zero-order chi connectivity index (χ0) is 22.2. The second-order valence-corrected chi connectivity index (χ2v) is 8.15. The molecule has 1 fully saturated rings. The number of nitrogens with zero attached hydrogens (tertiary/aromatic N) is 1. The van der Waals surface area contributed by atoms with Crippen molar-refractivity contribution in [3.63, 3.8) is 0 Å². The summed E-state index contributed by atoms with van der Waals surface area (Å²) in [4.78, 5) is 13.8. The molecule has 0 aliphatic carbocycles. The van der Waals surface area contributed by atoms with Crippen LogP contribution in [0.5, 0.6) is 0 Å². The summed E-state index contributed by atoms with van der Waals surface area (Å²) in [6.45, 7) is 6.64. The van der Waals surface area contributed by atoms with Gasteiger partial charge in [-0.1, -0.05) is 19.9 Å². The predicted molar refractivity (Wildman–Crippen MR) is 123 cm³/mol. The van der Waals surface area contributed by atoms with Crippen molar-refractivity contribution in [2.45, 2.75) is 57.9 Å². The molecule has 5 nitrogen and oxygen atoms in total. The maximum absolute atomic E-state index is 13.4. The first-order valence-corrected chi connectivity index (χ1v) is 11.2. The van der Waals surface area contributed by atoms with Crippen LogP contribution in [-0.4, -0.2) is 36.9 Å². The van der Waals surface area contributed by atoms with E-state index in [1.165, 1.54) is 12.1 Å². The molecule has 2 aromatic carbocycles. The molecule has 31 heavy (non-hydrogen) atoms. The molecule has 2 aromatic rings. The van der Waals surface area contributed by atoms with Crippen LogP contribution < -0.4 is 10.2 Å². The van der Waals surface area contributed by atoms with Gasteiger partial charge in [0.1, 0.15) is 5.82 Å². The van der Waals surface area contributed by atoms with Gasteiger partial charge < -0.3 is 20.1 Å². The fourth-order valence-electron chi connectivity index (χ4n) is 4.29. The smallest absolute Gasteiger partial charge is 0.303 e. The van der Waals surface area contributed by atoms with E-state index in [2.05, 4.69) is 35.3 Å². The molecule has 1 aliphatic rings. The fourth-order valence-corrected chi connectivity index (χ4v) is 4.29. The Hall–Kier alpha value is -2.60. The lowest BCUT2D eigenvalue weighted by Crippen LogP contribution is -2.40. The van der Waals surface area contributed by atoms with Crippen LogP contribution in [0.3, 0.4) is 0 Å². The first kappa shape index (κ1) is 23.1. The maximum Gasteiger partial charge on any atom is 0.303 e. The number of hydrogen-bond acceptors (Lipinski definition) is 4. The van der Waals surface area contributed by atoms with E-state index in [-0.39, 0.29) is 18.2 Å². The average Bonchev–Trinajstić information content (AvgIpc) is 2.78. The molecule has 6 heteroatoms. The Labute approximate surface area is 184 Å². The summed E-state index contributed by atoms with van der Waals surface area (Å²) >= 11 is 0. The van der Waals surface area contributed by atoms with Crippen molar-refractivity contribution in [2.75, 3.05) is 30.0 Å². The van der Waals surface area contributed by atoms with Gasteiger partial charge >= 0.3 is 5.97 Å². The minimum Gasteiger partial charge on any atom is -0.481 e. The molecule has 1 heterocycles. The standard InChI is InChI=1S/C25H33FN2O3/c1-3-13-28(22-11-14-31-15-12-22)24-10-5-19(18(4-2)17-25(29)30)16-23(24)27-21-8-6-20(26)7-9-21/h5-10,16,18,22,27H,3-4,11-15,17H2,1-2H3,(H,29,30)/t18-/m0/s1. The van der Waals surface area contributed by atoms with Crippen LogP contribution in [0, 0.1) is 5.82 Å². The highest BCUT2D eigenvalue weighted by atomic mass is 19.1. The average molecular weight is 429 g/mol. The van der Waals surface area contributed by atoms with Gasteiger partial charge in [-0.3, -0.25) is 4.79 Å². The molecule has 0 radical (unpaired) electrons. The van der Waals surface area contributed by atoms with Crippen molar-refractivity contribution >= 4 is 23.0 Å². The van der Waals surface area contributed by atoms with Crippen LogP contribution in [0.25, 0.3) is 0 Å². The lowest BCUT2D eigenvalue weighted by atomic mass is 9.92. The maximum atomic E-state index is 13.4. The van der Waals surface area contributed by atoms with E-state index >= 15 is 0 Å². The van der Waals surface area contributed by atoms with Gasteiger partial charge in [-0.15, -0.1) is 0 Å². The molecule has 3 rings (SSSR count). The number of aliphatic carboxylic acids is 1. The Morgan fingerprint density at radius 1 is 1.19 bits per heavy atom. The summed E-state index contributed by atoms with van der Waals surface area (Å²) in [6, 6.07) is 13.0. The minimum absolute atomic E-state index is 0.0528. The number of hydrogen-bond donors (Lipinski definition) is 2. The van der Waals surface area contributed by atoms with Crippen molar-refractivity contribution in [3.8, 4) is 0 Å². The van der Waals surface area contributed by atoms with Crippen molar-refractivity contribution in [1.29, 1.82) is 0 Å². The summed E-state index contributed by atoms with van der Waals surface area (Å²) in [5, 5.41) is 12.8. The third-order valence-electron chi connectivity index (χ3n) is 5.93. The van der Waals surface area contributed by atoms with Crippen LogP contribution >= 0.6 is 0 Å². The molecule has 0 saturated carbocycles.